The molecule has 0 saturated carbocycles. The molecule has 6 heteroatoms. The third-order valence-corrected chi connectivity index (χ3v) is 2.24. The molecule has 0 spiro atoms. The Bertz CT molecular complexity index is 385. The molecule has 0 aliphatic heterocycles. The zero-order valence-electron chi connectivity index (χ0n) is 8.60. The molecule has 16 heavy (non-hydrogen) atoms. The lowest BCUT2D eigenvalue weighted by Crippen LogP contribution is -2.39. The Morgan fingerprint density at radius 2 is 1.81 bits per heavy atom. The average molecular weight is 238 g/mol. The molecule has 1 rings (SSSR count). The lowest BCUT2D eigenvalue weighted by atomic mass is 9.94. The maximum absolute atomic E-state index is 12.9. The minimum Gasteiger partial charge on any atom is -0.496 e. The van der Waals surface area contributed by atoms with Crippen LogP contribution in [-0.2, 0) is 5.60 Å². The lowest BCUT2D eigenvalue weighted by molar-refractivity contribution is -0.259. The van der Waals surface area contributed by atoms with Gasteiger partial charge in [0.25, 0.3) is 0 Å². The Hall–Kier alpha value is -1.30. The predicted molar refractivity (Wildman–Crippen MR) is 48.6 cm³/mol. The summed E-state index contributed by atoms with van der Waals surface area (Å²) in [6.45, 7) is 0.546. The van der Waals surface area contributed by atoms with Gasteiger partial charge in [-0.05, 0) is 25.1 Å². The number of alkyl halides is 3. The van der Waals surface area contributed by atoms with Crippen molar-refractivity contribution in [1.29, 1.82) is 0 Å². The van der Waals surface area contributed by atoms with Gasteiger partial charge in [0.1, 0.15) is 11.6 Å². The number of hydrogen-bond donors (Lipinski definition) is 1. The molecule has 0 aromatic heterocycles. The van der Waals surface area contributed by atoms with Crippen molar-refractivity contribution in [2.45, 2.75) is 18.7 Å². The number of methoxy groups -OCH3 is 1. The zero-order valence-corrected chi connectivity index (χ0v) is 8.60. The van der Waals surface area contributed by atoms with Crippen molar-refractivity contribution < 1.29 is 27.4 Å². The number of benzene rings is 1. The number of aliphatic hydroxyl groups is 1. The molecular formula is C10H10F4O2. The van der Waals surface area contributed by atoms with E-state index in [1.165, 1.54) is 0 Å². The van der Waals surface area contributed by atoms with Crippen LogP contribution < -0.4 is 4.74 Å². The van der Waals surface area contributed by atoms with E-state index in [4.69, 9.17) is 0 Å². The van der Waals surface area contributed by atoms with E-state index >= 15 is 0 Å². The smallest absolute Gasteiger partial charge is 0.421 e. The summed E-state index contributed by atoms with van der Waals surface area (Å²) in [5.41, 5.74) is -3.80. The monoisotopic (exact) mass is 238 g/mol. The highest BCUT2D eigenvalue weighted by atomic mass is 19.4. The third-order valence-electron chi connectivity index (χ3n) is 2.24. The van der Waals surface area contributed by atoms with E-state index in [-0.39, 0.29) is 5.75 Å². The van der Waals surface area contributed by atoms with E-state index in [1.807, 2.05) is 0 Å². The highest BCUT2D eigenvalue weighted by molar-refractivity contribution is 5.39. The van der Waals surface area contributed by atoms with Crippen LogP contribution in [0.5, 0.6) is 5.75 Å². The molecule has 1 unspecified atom stereocenters. The van der Waals surface area contributed by atoms with E-state index in [9.17, 15) is 22.7 Å². The van der Waals surface area contributed by atoms with E-state index in [0.717, 1.165) is 19.2 Å². The first kappa shape index (κ1) is 12.8. The molecule has 1 aromatic carbocycles. The van der Waals surface area contributed by atoms with Gasteiger partial charge in [0.2, 0.25) is 0 Å². The second-order valence-electron chi connectivity index (χ2n) is 3.41. The van der Waals surface area contributed by atoms with Gasteiger partial charge in [-0.1, -0.05) is 0 Å². The number of ether oxygens (including phenoxy) is 1. The molecule has 90 valence electrons. The molecule has 1 aromatic rings. The van der Waals surface area contributed by atoms with Crippen molar-refractivity contribution in [1.82, 2.24) is 0 Å². The van der Waals surface area contributed by atoms with Crippen LogP contribution in [0.3, 0.4) is 0 Å². The van der Waals surface area contributed by atoms with E-state index in [1.54, 1.807) is 0 Å². The fourth-order valence-corrected chi connectivity index (χ4v) is 1.21. The molecule has 0 amide bonds. The number of hydrogen-bond acceptors (Lipinski definition) is 2. The van der Waals surface area contributed by atoms with E-state index < -0.39 is 23.2 Å². The predicted octanol–water partition coefficient (Wildman–Crippen LogP) is 2.60. The molecular weight excluding hydrogens is 228 g/mol. The standard InChI is InChI=1S/C10H10F4O2/c1-9(15,10(12,13)14)7-5-6(11)3-4-8(7)16-2/h3-5,15H,1-2H3. The Morgan fingerprint density at radius 1 is 1.25 bits per heavy atom. The highest BCUT2D eigenvalue weighted by Crippen LogP contribution is 2.42. The molecule has 0 heterocycles. The van der Waals surface area contributed by atoms with Crippen molar-refractivity contribution in [2.75, 3.05) is 7.11 Å². The van der Waals surface area contributed by atoms with Gasteiger partial charge in [-0.3, -0.25) is 0 Å². The van der Waals surface area contributed by atoms with Gasteiger partial charge in [0.15, 0.2) is 5.60 Å². The van der Waals surface area contributed by atoms with Crippen LogP contribution in [-0.4, -0.2) is 18.4 Å². The first-order chi connectivity index (χ1) is 7.20. The van der Waals surface area contributed by atoms with Crippen molar-refractivity contribution >= 4 is 0 Å². The van der Waals surface area contributed by atoms with Crippen LogP contribution in [0, 0.1) is 5.82 Å². The first-order valence-corrected chi connectivity index (χ1v) is 4.33. The maximum Gasteiger partial charge on any atom is 0.421 e. The fourth-order valence-electron chi connectivity index (χ4n) is 1.21. The van der Waals surface area contributed by atoms with Crippen LogP contribution in [0.4, 0.5) is 17.6 Å². The molecule has 2 nitrogen and oxygen atoms in total. The number of halogens is 4. The minimum atomic E-state index is -4.91. The Morgan fingerprint density at radius 3 is 2.25 bits per heavy atom. The van der Waals surface area contributed by atoms with Gasteiger partial charge in [0.05, 0.1) is 7.11 Å². The van der Waals surface area contributed by atoms with Crippen LogP contribution in [0.15, 0.2) is 18.2 Å². The Labute approximate surface area is 89.5 Å². The summed E-state index contributed by atoms with van der Waals surface area (Å²) in [5.74, 6) is -1.09. The van der Waals surface area contributed by atoms with Crippen molar-refractivity contribution in [3.8, 4) is 5.75 Å². The largest absolute Gasteiger partial charge is 0.496 e. The first-order valence-electron chi connectivity index (χ1n) is 4.33. The molecule has 1 N–H and O–H groups in total. The summed E-state index contributed by atoms with van der Waals surface area (Å²) in [5, 5.41) is 9.39. The third kappa shape index (κ3) is 2.11. The van der Waals surface area contributed by atoms with Crippen molar-refractivity contribution in [2.24, 2.45) is 0 Å². The summed E-state index contributed by atoms with van der Waals surface area (Å²) in [7, 11) is 1.14. The summed E-state index contributed by atoms with van der Waals surface area (Å²) >= 11 is 0. The summed E-state index contributed by atoms with van der Waals surface area (Å²) in [6, 6.07) is 2.59. The van der Waals surface area contributed by atoms with Crippen LogP contribution in [0.1, 0.15) is 12.5 Å². The Kier molecular flexibility index (Phi) is 3.14. The minimum absolute atomic E-state index is 0.219. The second-order valence-corrected chi connectivity index (χ2v) is 3.41. The van der Waals surface area contributed by atoms with Crippen LogP contribution >= 0.6 is 0 Å². The quantitative estimate of drug-likeness (QED) is 0.802. The fraction of sp³-hybridized carbons (Fsp3) is 0.400. The Balaban J connectivity index is 3.36. The molecule has 0 aliphatic rings. The highest BCUT2D eigenvalue weighted by Gasteiger charge is 2.52. The van der Waals surface area contributed by atoms with E-state index in [2.05, 4.69) is 4.74 Å². The maximum atomic E-state index is 12.9. The normalized spacial score (nSPS) is 15.7. The van der Waals surface area contributed by atoms with Crippen LogP contribution in [0.25, 0.3) is 0 Å². The molecule has 0 fully saturated rings. The SMILES string of the molecule is COc1ccc(F)cc1C(C)(O)C(F)(F)F. The summed E-state index contributed by atoms with van der Waals surface area (Å²) in [6.07, 6.45) is -4.91. The second kappa shape index (κ2) is 3.93. The van der Waals surface area contributed by atoms with Gasteiger partial charge in [-0.25, -0.2) is 4.39 Å². The van der Waals surface area contributed by atoms with Crippen molar-refractivity contribution in [3.63, 3.8) is 0 Å². The van der Waals surface area contributed by atoms with E-state index in [0.29, 0.717) is 13.0 Å². The molecule has 1 atom stereocenters. The zero-order chi connectivity index (χ0) is 12.6. The topological polar surface area (TPSA) is 29.5 Å². The van der Waals surface area contributed by atoms with Gasteiger partial charge < -0.3 is 9.84 Å². The van der Waals surface area contributed by atoms with Gasteiger partial charge in [-0.15, -0.1) is 0 Å². The van der Waals surface area contributed by atoms with Crippen LogP contribution in [0.2, 0.25) is 0 Å². The summed E-state index contributed by atoms with van der Waals surface area (Å²) < 4.78 is 55.1. The average Bonchev–Trinajstić information content (AvgIpc) is 2.16. The van der Waals surface area contributed by atoms with Crippen molar-refractivity contribution in [3.05, 3.63) is 29.6 Å². The van der Waals surface area contributed by atoms with Gasteiger partial charge in [0, 0.05) is 5.56 Å². The summed E-state index contributed by atoms with van der Waals surface area (Å²) in [4.78, 5) is 0. The lowest BCUT2D eigenvalue weighted by Gasteiger charge is -2.28. The van der Waals surface area contributed by atoms with Gasteiger partial charge in [-0.2, -0.15) is 13.2 Å². The molecule has 0 aliphatic carbocycles. The molecule has 0 saturated heterocycles. The number of rotatable bonds is 2. The molecule has 0 bridgehead atoms. The molecule has 0 radical (unpaired) electrons. The van der Waals surface area contributed by atoms with Gasteiger partial charge >= 0.3 is 6.18 Å².